The second kappa shape index (κ2) is 4.91. The number of carbonyl (C=O) groups excluding carboxylic acids is 1. The molecule has 0 fully saturated rings. The molecule has 0 bridgehead atoms. The quantitative estimate of drug-likeness (QED) is 0.839. The highest BCUT2D eigenvalue weighted by Gasteiger charge is 2.13. The van der Waals surface area contributed by atoms with Gasteiger partial charge in [-0.25, -0.2) is 4.79 Å². The van der Waals surface area contributed by atoms with E-state index in [0.29, 0.717) is 11.1 Å². The van der Waals surface area contributed by atoms with Gasteiger partial charge >= 0.3 is 11.9 Å². The van der Waals surface area contributed by atoms with Gasteiger partial charge in [-0.15, -0.1) is 0 Å². The van der Waals surface area contributed by atoms with Gasteiger partial charge in [0.2, 0.25) is 5.76 Å². The standard InChI is InChI=1S/C13H12O5/c1-2-17-13(16)11-7-9-4-3-8(6-12(14)15)5-10(9)18-11/h3-5,7H,2,6H2,1H3,(H,14,15). The molecule has 1 N–H and O–H groups in total. The van der Waals surface area contributed by atoms with Gasteiger partial charge in [0.15, 0.2) is 0 Å². The Morgan fingerprint density at radius 3 is 2.78 bits per heavy atom. The molecule has 0 radical (unpaired) electrons. The maximum Gasteiger partial charge on any atom is 0.374 e. The monoisotopic (exact) mass is 248 g/mol. The van der Waals surface area contributed by atoms with E-state index in [0.717, 1.165) is 5.39 Å². The highest BCUT2D eigenvalue weighted by Crippen LogP contribution is 2.21. The molecular weight excluding hydrogens is 236 g/mol. The first-order valence-corrected chi connectivity index (χ1v) is 5.51. The van der Waals surface area contributed by atoms with Gasteiger partial charge in [0.25, 0.3) is 0 Å². The van der Waals surface area contributed by atoms with Crippen molar-refractivity contribution in [3.63, 3.8) is 0 Å². The van der Waals surface area contributed by atoms with Crippen molar-refractivity contribution < 1.29 is 23.8 Å². The minimum Gasteiger partial charge on any atom is -0.481 e. The summed E-state index contributed by atoms with van der Waals surface area (Å²) < 4.78 is 10.2. The number of aliphatic carboxylic acids is 1. The van der Waals surface area contributed by atoms with Gasteiger partial charge in [-0.2, -0.15) is 0 Å². The number of ether oxygens (including phenoxy) is 1. The summed E-state index contributed by atoms with van der Waals surface area (Å²) in [6.07, 6.45) is -0.0780. The van der Waals surface area contributed by atoms with Gasteiger partial charge in [-0.1, -0.05) is 12.1 Å². The van der Waals surface area contributed by atoms with E-state index in [1.165, 1.54) is 0 Å². The summed E-state index contributed by atoms with van der Waals surface area (Å²) in [5.41, 5.74) is 1.11. The van der Waals surface area contributed by atoms with Gasteiger partial charge in [-0.3, -0.25) is 4.79 Å². The average Bonchev–Trinajstić information content (AvgIpc) is 2.71. The van der Waals surface area contributed by atoms with Crippen LogP contribution in [-0.4, -0.2) is 23.7 Å². The highest BCUT2D eigenvalue weighted by molar-refractivity contribution is 5.92. The first-order valence-electron chi connectivity index (χ1n) is 5.51. The predicted molar refractivity (Wildman–Crippen MR) is 63.5 cm³/mol. The van der Waals surface area contributed by atoms with Gasteiger partial charge in [-0.05, 0) is 24.6 Å². The minimum absolute atomic E-state index is 0.0780. The topological polar surface area (TPSA) is 76.7 Å². The number of hydrogen-bond acceptors (Lipinski definition) is 4. The number of furan rings is 1. The molecule has 0 amide bonds. The first-order chi connectivity index (χ1) is 8.60. The zero-order chi connectivity index (χ0) is 13.1. The number of carboxylic acid groups (broad SMARTS) is 1. The molecular formula is C13H12O5. The van der Waals surface area contributed by atoms with Crippen LogP contribution < -0.4 is 0 Å². The number of fused-ring (bicyclic) bond motifs is 1. The largest absolute Gasteiger partial charge is 0.481 e. The van der Waals surface area contributed by atoms with E-state index in [-0.39, 0.29) is 18.8 Å². The van der Waals surface area contributed by atoms with E-state index in [9.17, 15) is 9.59 Å². The molecule has 0 aliphatic heterocycles. The van der Waals surface area contributed by atoms with Crippen molar-refractivity contribution in [2.45, 2.75) is 13.3 Å². The maximum atomic E-state index is 11.5. The second-order valence-corrected chi connectivity index (χ2v) is 3.77. The Bertz CT molecular complexity index is 596. The Morgan fingerprint density at radius 1 is 1.33 bits per heavy atom. The molecule has 2 rings (SSSR count). The molecule has 1 heterocycles. The number of carbonyl (C=O) groups is 2. The highest BCUT2D eigenvalue weighted by atomic mass is 16.5. The molecule has 0 unspecified atom stereocenters. The van der Waals surface area contributed by atoms with Crippen molar-refractivity contribution in [3.05, 3.63) is 35.6 Å². The van der Waals surface area contributed by atoms with E-state index < -0.39 is 11.9 Å². The summed E-state index contributed by atoms with van der Waals surface area (Å²) in [6.45, 7) is 1.99. The van der Waals surface area contributed by atoms with Crippen LogP contribution in [0.25, 0.3) is 11.0 Å². The lowest BCUT2D eigenvalue weighted by atomic mass is 10.1. The first kappa shape index (κ1) is 12.2. The second-order valence-electron chi connectivity index (χ2n) is 3.77. The fraction of sp³-hybridized carbons (Fsp3) is 0.231. The van der Waals surface area contributed by atoms with E-state index in [2.05, 4.69) is 0 Å². The lowest BCUT2D eigenvalue weighted by Crippen LogP contribution is -2.02. The fourth-order valence-corrected chi connectivity index (χ4v) is 1.66. The van der Waals surface area contributed by atoms with E-state index >= 15 is 0 Å². The molecule has 0 aliphatic carbocycles. The third-order valence-corrected chi connectivity index (χ3v) is 2.42. The van der Waals surface area contributed by atoms with Crippen molar-refractivity contribution in [3.8, 4) is 0 Å². The molecule has 94 valence electrons. The Morgan fingerprint density at radius 2 is 2.11 bits per heavy atom. The Hall–Kier alpha value is -2.30. The van der Waals surface area contributed by atoms with Crippen LogP contribution in [0.5, 0.6) is 0 Å². The van der Waals surface area contributed by atoms with Gasteiger partial charge < -0.3 is 14.3 Å². The van der Waals surface area contributed by atoms with Crippen LogP contribution in [0.1, 0.15) is 23.0 Å². The van der Waals surface area contributed by atoms with Crippen molar-refractivity contribution >= 4 is 22.9 Å². The van der Waals surface area contributed by atoms with Crippen LogP contribution in [0.3, 0.4) is 0 Å². The van der Waals surface area contributed by atoms with E-state index in [1.807, 2.05) is 0 Å². The summed E-state index contributed by atoms with van der Waals surface area (Å²) >= 11 is 0. The van der Waals surface area contributed by atoms with Crippen LogP contribution in [-0.2, 0) is 16.0 Å². The smallest absolute Gasteiger partial charge is 0.374 e. The third kappa shape index (κ3) is 2.51. The van der Waals surface area contributed by atoms with Crippen LogP contribution in [0.15, 0.2) is 28.7 Å². The summed E-state index contributed by atoms with van der Waals surface area (Å²) in [6, 6.07) is 6.62. The number of esters is 1. The average molecular weight is 248 g/mol. The lowest BCUT2D eigenvalue weighted by Gasteiger charge is -1.96. The van der Waals surface area contributed by atoms with Crippen LogP contribution in [0.4, 0.5) is 0 Å². The molecule has 1 aromatic heterocycles. The van der Waals surface area contributed by atoms with Gasteiger partial charge in [0.1, 0.15) is 5.58 Å². The summed E-state index contributed by atoms with van der Waals surface area (Å²) in [4.78, 5) is 22.1. The van der Waals surface area contributed by atoms with Crippen molar-refractivity contribution in [1.82, 2.24) is 0 Å². The summed E-state index contributed by atoms with van der Waals surface area (Å²) in [7, 11) is 0. The fourth-order valence-electron chi connectivity index (χ4n) is 1.66. The zero-order valence-corrected chi connectivity index (χ0v) is 9.80. The Kier molecular flexibility index (Phi) is 3.32. The molecule has 0 aliphatic rings. The van der Waals surface area contributed by atoms with Crippen LogP contribution >= 0.6 is 0 Å². The molecule has 18 heavy (non-hydrogen) atoms. The van der Waals surface area contributed by atoms with Crippen molar-refractivity contribution in [2.75, 3.05) is 6.61 Å². The number of carboxylic acids is 1. The van der Waals surface area contributed by atoms with Crippen LogP contribution in [0.2, 0.25) is 0 Å². The molecule has 5 heteroatoms. The SMILES string of the molecule is CCOC(=O)c1cc2ccc(CC(=O)O)cc2o1. The number of benzene rings is 1. The van der Waals surface area contributed by atoms with E-state index in [4.69, 9.17) is 14.3 Å². The molecule has 0 spiro atoms. The van der Waals surface area contributed by atoms with E-state index in [1.54, 1.807) is 31.2 Å². The molecule has 0 atom stereocenters. The van der Waals surface area contributed by atoms with Gasteiger partial charge in [0, 0.05) is 5.39 Å². The van der Waals surface area contributed by atoms with Crippen LogP contribution in [0, 0.1) is 0 Å². The Balaban J connectivity index is 2.33. The summed E-state index contributed by atoms with van der Waals surface area (Å²) in [5.74, 6) is -1.31. The summed E-state index contributed by atoms with van der Waals surface area (Å²) in [5, 5.41) is 9.44. The minimum atomic E-state index is -0.911. The predicted octanol–water partition coefficient (Wildman–Crippen LogP) is 2.24. The lowest BCUT2D eigenvalue weighted by molar-refractivity contribution is -0.136. The Labute approximate surface area is 103 Å². The molecule has 0 saturated carbocycles. The maximum absolute atomic E-state index is 11.5. The molecule has 5 nitrogen and oxygen atoms in total. The molecule has 2 aromatic rings. The zero-order valence-electron chi connectivity index (χ0n) is 9.80. The number of rotatable bonds is 4. The molecule has 1 aromatic carbocycles. The van der Waals surface area contributed by atoms with Gasteiger partial charge in [0.05, 0.1) is 13.0 Å². The van der Waals surface area contributed by atoms with Crippen molar-refractivity contribution in [2.24, 2.45) is 0 Å². The van der Waals surface area contributed by atoms with Crippen molar-refractivity contribution in [1.29, 1.82) is 0 Å². The number of hydrogen-bond donors (Lipinski definition) is 1. The normalized spacial score (nSPS) is 10.5. The third-order valence-electron chi connectivity index (χ3n) is 2.42. The molecule has 0 saturated heterocycles.